The van der Waals surface area contributed by atoms with Crippen molar-refractivity contribution >= 4 is 28.4 Å². The molecule has 1 heterocycles. The first-order chi connectivity index (χ1) is 10.6. The maximum Gasteiger partial charge on any atom is 0.269 e. The number of aryl methyl sites for hydroxylation is 1. The van der Waals surface area contributed by atoms with Crippen molar-refractivity contribution in [2.45, 2.75) is 17.7 Å². The van der Waals surface area contributed by atoms with E-state index in [1.807, 2.05) is 31.2 Å². The highest BCUT2D eigenvalue weighted by Crippen LogP contribution is 2.28. The van der Waals surface area contributed by atoms with Crippen LogP contribution >= 0.6 is 11.8 Å². The van der Waals surface area contributed by atoms with Crippen molar-refractivity contribution in [3.63, 3.8) is 0 Å². The average Bonchev–Trinajstić information content (AvgIpc) is 2.52. The Morgan fingerprint density at radius 1 is 1.09 bits per heavy atom. The summed E-state index contributed by atoms with van der Waals surface area (Å²) in [6.07, 6.45) is 0. The molecule has 0 unspecified atom stereocenters. The molecule has 0 amide bonds. The van der Waals surface area contributed by atoms with Crippen molar-refractivity contribution in [1.82, 2.24) is 9.97 Å². The summed E-state index contributed by atoms with van der Waals surface area (Å²) in [5, 5.41) is 12.6. The van der Waals surface area contributed by atoms with E-state index in [1.165, 1.54) is 12.1 Å². The molecule has 0 aliphatic heterocycles. The van der Waals surface area contributed by atoms with Gasteiger partial charge in [-0.1, -0.05) is 30.3 Å². The number of rotatable bonds is 4. The molecular weight excluding hydrogens is 298 g/mol. The third-order valence-corrected chi connectivity index (χ3v) is 4.27. The van der Waals surface area contributed by atoms with E-state index in [0.29, 0.717) is 5.75 Å². The molecule has 3 rings (SSSR count). The summed E-state index contributed by atoms with van der Waals surface area (Å²) >= 11 is 1.61. The number of aromatic nitrogens is 2. The summed E-state index contributed by atoms with van der Waals surface area (Å²) in [5.74, 6) is 1.45. The Bertz CT molecular complexity index is 834. The van der Waals surface area contributed by atoms with E-state index in [4.69, 9.17) is 0 Å². The fourth-order valence-electron chi connectivity index (χ4n) is 2.13. The van der Waals surface area contributed by atoms with Crippen LogP contribution in [0.25, 0.3) is 10.9 Å². The van der Waals surface area contributed by atoms with Crippen LogP contribution in [0, 0.1) is 17.0 Å². The highest BCUT2D eigenvalue weighted by molar-refractivity contribution is 7.98. The first-order valence-electron chi connectivity index (χ1n) is 6.73. The summed E-state index contributed by atoms with van der Waals surface area (Å²) in [7, 11) is 0. The Hall–Kier alpha value is -2.47. The fourth-order valence-corrected chi connectivity index (χ4v) is 3.15. The van der Waals surface area contributed by atoms with E-state index < -0.39 is 4.92 Å². The van der Waals surface area contributed by atoms with Gasteiger partial charge in [-0.3, -0.25) is 10.1 Å². The zero-order chi connectivity index (χ0) is 15.5. The summed E-state index contributed by atoms with van der Waals surface area (Å²) in [4.78, 5) is 19.2. The molecule has 0 saturated heterocycles. The quantitative estimate of drug-likeness (QED) is 0.313. The lowest BCUT2D eigenvalue weighted by molar-refractivity contribution is -0.384. The lowest BCUT2D eigenvalue weighted by Gasteiger charge is -2.06. The van der Waals surface area contributed by atoms with Crippen LogP contribution in [0.4, 0.5) is 5.69 Å². The van der Waals surface area contributed by atoms with E-state index in [9.17, 15) is 10.1 Å². The molecule has 6 heteroatoms. The number of hydrogen-bond acceptors (Lipinski definition) is 5. The largest absolute Gasteiger partial charge is 0.269 e. The van der Waals surface area contributed by atoms with E-state index in [1.54, 1.807) is 23.9 Å². The van der Waals surface area contributed by atoms with Crippen LogP contribution in [-0.4, -0.2) is 14.9 Å². The van der Waals surface area contributed by atoms with Crippen molar-refractivity contribution in [3.05, 3.63) is 70.0 Å². The highest BCUT2D eigenvalue weighted by atomic mass is 32.2. The van der Waals surface area contributed by atoms with Crippen LogP contribution in [0.2, 0.25) is 0 Å². The van der Waals surface area contributed by atoms with Gasteiger partial charge in [0.15, 0.2) is 0 Å². The molecule has 0 radical (unpaired) electrons. The third-order valence-electron chi connectivity index (χ3n) is 3.20. The van der Waals surface area contributed by atoms with Crippen molar-refractivity contribution < 1.29 is 4.92 Å². The minimum absolute atomic E-state index is 0.108. The summed E-state index contributed by atoms with van der Waals surface area (Å²) < 4.78 is 0. The van der Waals surface area contributed by atoms with E-state index in [-0.39, 0.29) is 5.69 Å². The van der Waals surface area contributed by atoms with Crippen LogP contribution < -0.4 is 0 Å². The number of para-hydroxylation sites is 1. The molecule has 2 aromatic carbocycles. The molecule has 0 N–H and O–H groups in total. The van der Waals surface area contributed by atoms with Crippen LogP contribution in [0.5, 0.6) is 0 Å². The van der Waals surface area contributed by atoms with Gasteiger partial charge in [-0.15, -0.1) is 11.8 Å². The Labute approximate surface area is 131 Å². The number of nitro groups is 1. The van der Waals surface area contributed by atoms with Crippen LogP contribution in [-0.2, 0) is 5.75 Å². The molecule has 0 bridgehead atoms. The number of nitro benzene ring substituents is 1. The van der Waals surface area contributed by atoms with Gasteiger partial charge in [0.25, 0.3) is 5.69 Å². The third kappa shape index (κ3) is 3.07. The van der Waals surface area contributed by atoms with Gasteiger partial charge in [0.1, 0.15) is 10.9 Å². The maximum atomic E-state index is 10.7. The minimum Gasteiger partial charge on any atom is -0.258 e. The number of thioether (sulfide) groups is 1. The number of hydrogen-bond donors (Lipinski definition) is 0. The van der Waals surface area contributed by atoms with E-state index >= 15 is 0 Å². The molecule has 0 fully saturated rings. The van der Waals surface area contributed by atoms with Crippen molar-refractivity contribution in [2.24, 2.45) is 0 Å². The lowest BCUT2D eigenvalue weighted by Crippen LogP contribution is -1.93. The molecule has 110 valence electrons. The van der Waals surface area contributed by atoms with Gasteiger partial charge in [-0.05, 0) is 18.6 Å². The molecule has 5 nitrogen and oxygen atoms in total. The second kappa shape index (κ2) is 6.11. The summed E-state index contributed by atoms with van der Waals surface area (Å²) in [5.41, 5.74) is 2.06. The second-order valence-corrected chi connectivity index (χ2v) is 5.77. The molecule has 1 aromatic heterocycles. The molecule has 0 atom stereocenters. The van der Waals surface area contributed by atoms with Gasteiger partial charge in [-0.2, -0.15) is 0 Å². The SMILES string of the molecule is Cc1nc(SCc2ccc([N+](=O)[O-])cc2)c2ccccc2n1. The van der Waals surface area contributed by atoms with Crippen molar-refractivity contribution in [3.8, 4) is 0 Å². The predicted octanol–water partition coefficient (Wildman–Crippen LogP) is 4.14. The zero-order valence-electron chi connectivity index (χ0n) is 11.9. The summed E-state index contributed by atoms with van der Waals surface area (Å²) in [6, 6.07) is 14.5. The topological polar surface area (TPSA) is 68.9 Å². The molecule has 0 aliphatic carbocycles. The number of fused-ring (bicyclic) bond motifs is 1. The fraction of sp³-hybridized carbons (Fsp3) is 0.125. The maximum absolute atomic E-state index is 10.7. The first kappa shape index (κ1) is 14.5. The second-order valence-electron chi connectivity index (χ2n) is 4.81. The predicted molar refractivity (Wildman–Crippen MR) is 86.9 cm³/mol. The van der Waals surface area contributed by atoms with Gasteiger partial charge >= 0.3 is 0 Å². The van der Waals surface area contributed by atoms with Crippen LogP contribution in [0.1, 0.15) is 11.4 Å². The summed E-state index contributed by atoms with van der Waals surface area (Å²) in [6.45, 7) is 1.88. The Kier molecular flexibility index (Phi) is 4.02. The molecule has 0 saturated carbocycles. The highest BCUT2D eigenvalue weighted by Gasteiger charge is 2.08. The number of nitrogens with zero attached hydrogens (tertiary/aromatic N) is 3. The normalized spacial score (nSPS) is 10.8. The monoisotopic (exact) mass is 311 g/mol. The molecule has 0 spiro atoms. The van der Waals surface area contributed by atoms with Gasteiger partial charge in [0, 0.05) is 23.3 Å². The van der Waals surface area contributed by atoms with Gasteiger partial charge in [0.2, 0.25) is 0 Å². The molecule has 0 aliphatic rings. The van der Waals surface area contributed by atoms with Crippen molar-refractivity contribution in [2.75, 3.05) is 0 Å². The number of benzene rings is 2. The molecule has 3 aromatic rings. The van der Waals surface area contributed by atoms with Gasteiger partial charge < -0.3 is 0 Å². The zero-order valence-corrected chi connectivity index (χ0v) is 12.7. The van der Waals surface area contributed by atoms with Gasteiger partial charge in [-0.25, -0.2) is 9.97 Å². The standard InChI is InChI=1S/C16H13N3O2S/c1-11-17-15-5-3-2-4-14(15)16(18-11)22-10-12-6-8-13(9-7-12)19(20)21/h2-9H,10H2,1H3. The van der Waals surface area contributed by atoms with E-state index in [0.717, 1.165) is 27.3 Å². The van der Waals surface area contributed by atoms with E-state index in [2.05, 4.69) is 9.97 Å². The molecular formula is C16H13N3O2S. The van der Waals surface area contributed by atoms with Crippen LogP contribution in [0.15, 0.2) is 53.6 Å². The van der Waals surface area contributed by atoms with Crippen molar-refractivity contribution in [1.29, 1.82) is 0 Å². The smallest absolute Gasteiger partial charge is 0.258 e. The average molecular weight is 311 g/mol. The van der Waals surface area contributed by atoms with Crippen LogP contribution in [0.3, 0.4) is 0 Å². The Morgan fingerprint density at radius 3 is 2.55 bits per heavy atom. The molecule has 22 heavy (non-hydrogen) atoms. The lowest BCUT2D eigenvalue weighted by atomic mass is 10.2. The Morgan fingerprint density at radius 2 is 1.82 bits per heavy atom. The number of non-ortho nitro benzene ring substituents is 1. The first-order valence-corrected chi connectivity index (χ1v) is 7.71. The minimum atomic E-state index is -0.391. The van der Waals surface area contributed by atoms with Gasteiger partial charge in [0.05, 0.1) is 10.4 Å². The Balaban J connectivity index is 1.83.